The Labute approximate surface area is 98.5 Å². The first kappa shape index (κ1) is 9.76. The van der Waals surface area contributed by atoms with Crippen LogP contribution in [0.4, 0.5) is 0 Å². The molecule has 2 aliphatic heterocycles. The second-order valence-electron chi connectivity index (χ2n) is 4.03. The lowest BCUT2D eigenvalue weighted by molar-refractivity contribution is 0.154. The summed E-state index contributed by atoms with van der Waals surface area (Å²) >= 11 is 12.0. The van der Waals surface area contributed by atoms with E-state index in [0.29, 0.717) is 16.1 Å². The molecule has 2 nitrogen and oxygen atoms in total. The van der Waals surface area contributed by atoms with Crippen molar-refractivity contribution in [1.82, 2.24) is 5.32 Å². The van der Waals surface area contributed by atoms with Gasteiger partial charge in [-0.15, -0.1) is 0 Å². The van der Waals surface area contributed by atoms with Gasteiger partial charge in [-0.2, -0.15) is 0 Å². The molecule has 1 N–H and O–H groups in total. The maximum absolute atomic E-state index is 6.01. The number of rotatable bonds is 0. The molecule has 3 rings (SSSR count). The number of fused-ring (bicyclic) bond motifs is 3. The smallest absolute Gasteiger partial charge is 0.126 e. The predicted octanol–water partition coefficient (Wildman–Crippen LogP) is 3.18. The van der Waals surface area contributed by atoms with Crippen molar-refractivity contribution in [2.75, 3.05) is 6.54 Å². The molecule has 0 amide bonds. The molecule has 2 aliphatic rings. The molecule has 0 aliphatic carbocycles. The van der Waals surface area contributed by atoms with Crippen molar-refractivity contribution in [2.24, 2.45) is 0 Å². The summed E-state index contributed by atoms with van der Waals surface area (Å²) in [7, 11) is 0. The number of halogens is 2. The fourth-order valence-corrected chi connectivity index (χ4v) is 2.67. The fraction of sp³-hybridized carbons (Fsp3) is 0.455. The molecule has 80 valence electrons. The SMILES string of the molecule is Clc1cc2c(cc1Cl)[C@@H]1NCCCC1O2. The van der Waals surface area contributed by atoms with E-state index in [1.54, 1.807) is 0 Å². The fourth-order valence-electron chi connectivity index (χ4n) is 2.35. The van der Waals surface area contributed by atoms with Gasteiger partial charge in [0.05, 0.1) is 16.1 Å². The Morgan fingerprint density at radius 2 is 2.07 bits per heavy atom. The molecule has 1 unspecified atom stereocenters. The molecule has 2 heterocycles. The van der Waals surface area contributed by atoms with Gasteiger partial charge in [0, 0.05) is 11.6 Å². The lowest BCUT2D eigenvalue weighted by atomic mass is 9.97. The number of nitrogens with one attached hydrogen (secondary N) is 1. The van der Waals surface area contributed by atoms with Crippen LogP contribution >= 0.6 is 23.2 Å². The van der Waals surface area contributed by atoms with Crippen molar-refractivity contribution in [3.63, 3.8) is 0 Å². The molecule has 0 radical (unpaired) electrons. The Morgan fingerprint density at radius 1 is 1.27 bits per heavy atom. The molecular formula is C11H11Cl2NO. The molecule has 0 bridgehead atoms. The van der Waals surface area contributed by atoms with Crippen LogP contribution in [0, 0.1) is 0 Å². The van der Waals surface area contributed by atoms with Crippen molar-refractivity contribution in [3.8, 4) is 5.75 Å². The van der Waals surface area contributed by atoms with E-state index in [2.05, 4.69) is 5.32 Å². The first-order valence-electron chi connectivity index (χ1n) is 5.14. The highest BCUT2D eigenvalue weighted by Crippen LogP contribution is 2.43. The van der Waals surface area contributed by atoms with E-state index >= 15 is 0 Å². The molecule has 1 aromatic carbocycles. The van der Waals surface area contributed by atoms with Gasteiger partial charge in [-0.1, -0.05) is 23.2 Å². The van der Waals surface area contributed by atoms with Crippen LogP contribution in [0.1, 0.15) is 24.4 Å². The number of benzene rings is 1. The van der Waals surface area contributed by atoms with Crippen LogP contribution < -0.4 is 10.1 Å². The van der Waals surface area contributed by atoms with Crippen LogP contribution in [-0.4, -0.2) is 12.6 Å². The predicted molar refractivity (Wildman–Crippen MR) is 60.9 cm³/mol. The second kappa shape index (κ2) is 3.55. The monoisotopic (exact) mass is 243 g/mol. The molecule has 4 heteroatoms. The zero-order valence-electron chi connectivity index (χ0n) is 8.09. The number of piperidine rings is 1. The second-order valence-corrected chi connectivity index (χ2v) is 4.85. The third-order valence-corrected chi connectivity index (χ3v) is 3.79. The zero-order valence-corrected chi connectivity index (χ0v) is 9.61. The highest BCUT2D eigenvalue weighted by atomic mass is 35.5. The van der Waals surface area contributed by atoms with Crippen LogP contribution in [0.2, 0.25) is 10.0 Å². The first-order chi connectivity index (χ1) is 7.25. The standard InChI is InChI=1S/C11H11Cl2NO/c12-7-4-6-10(5-8(7)13)15-9-2-1-3-14-11(6)9/h4-5,9,11,14H,1-3H2/t9?,11-/m0/s1. The summed E-state index contributed by atoms with van der Waals surface area (Å²) < 4.78 is 5.84. The van der Waals surface area contributed by atoms with Gasteiger partial charge in [-0.25, -0.2) is 0 Å². The van der Waals surface area contributed by atoms with Crippen LogP contribution in [0.25, 0.3) is 0 Å². The molecule has 0 spiro atoms. The average Bonchev–Trinajstić information content (AvgIpc) is 2.57. The number of hydrogen-bond acceptors (Lipinski definition) is 2. The molecule has 0 aromatic heterocycles. The Hall–Kier alpha value is -0.440. The van der Waals surface area contributed by atoms with Gasteiger partial charge in [-0.3, -0.25) is 0 Å². The van der Waals surface area contributed by atoms with Gasteiger partial charge in [0.1, 0.15) is 11.9 Å². The molecule has 2 atom stereocenters. The summed E-state index contributed by atoms with van der Waals surface area (Å²) in [6, 6.07) is 4.03. The topological polar surface area (TPSA) is 21.3 Å². The number of ether oxygens (including phenoxy) is 1. The summed E-state index contributed by atoms with van der Waals surface area (Å²) in [6.45, 7) is 1.05. The minimum Gasteiger partial charge on any atom is -0.488 e. The maximum atomic E-state index is 6.01. The van der Waals surface area contributed by atoms with Crippen LogP contribution in [0.5, 0.6) is 5.75 Å². The Bertz CT molecular complexity index is 408. The molecule has 0 saturated carbocycles. The van der Waals surface area contributed by atoms with Gasteiger partial charge in [-0.05, 0) is 25.5 Å². The summed E-state index contributed by atoms with van der Waals surface area (Å²) in [5.74, 6) is 0.883. The molecule has 15 heavy (non-hydrogen) atoms. The maximum Gasteiger partial charge on any atom is 0.126 e. The van der Waals surface area contributed by atoms with E-state index in [-0.39, 0.29) is 6.10 Å². The highest BCUT2D eigenvalue weighted by Gasteiger charge is 2.36. The van der Waals surface area contributed by atoms with E-state index in [1.807, 2.05) is 12.1 Å². The van der Waals surface area contributed by atoms with Crippen molar-refractivity contribution < 1.29 is 4.74 Å². The zero-order chi connectivity index (χ0) is 10.4. The first-order valence-corrected chi connectivity index (χ1v) is 5.90. The molecule has 1 fully saturated rings. The highest BCUT2D eigenvalue weighted by molar-refractivity contribution is 6.42. The quantitative estimate of drug-likeness (QED) is 0.756. The average molecular weight is 244 g/mol. The van der Waals surface area contributed by atoms with Gasteiger partial charge >= 0.3 is 0 Å². The van der Waals surface area contributed by atoms with Crippen LogP contribution in [0.15, 0.2) is 12.1 Å². The van der Waals surface area contributed by atoms with Crippen molar-refractivity contribution in [1.29, 1.82) is 0 Å². The molecular weight excluding hydrogens is 233 g/mol. The third kappa shape index (κ3) is 1.52. The van der Waals surface area contributed by atoms with E-state index < -0.39 is 0 Å². The van der Waals surface area contributed by atoms with Crippen LogP contribution in [-0.2, 0) is 0 Å². The van der Waals surface area contributed by atoms with Crippen LogP contribution in [0.3, 0.4) is 0 Å². The molecule has 1 aromatic rings. The summed E-state index contributed by atoms with van der Waals surface area (Å²) in [5, 5.41) is 4.62. The van der Waals surface area contributed by atoms with Gasteiger partial charge in [0.15, 0.2) is 0 Å². The lowest BCUT2D eigenvalue weighted by Gasteiger charge is -2.25. The summed E-state index contributed by atoms with van der Waals surface area (Å²) in [5.41, 5.74) is 1.15. The largest absolute Gasteiger partial charge is 0.488 e. The van der Waals surface area contributed by atoms with E-state index in [4.69, 9.17) is 27.9 Å². The normalized spacial score (nSPS) is 28.1. The Balaban J connectivity index is 2.04. The Kier molecular flexibility index (Phi) is 2.31. The van der Waals surface area contributed by atoms with E-state index in [0.717, 1.165) is 30.7 Å². The van der Waals surface area contributed by atoms with Gasteiger partial charge in [0.2, 0.25) is 0 Å². The minimum absolute atomic E-state index is 0.253. The minimum atomic E-state index is 0.253. The summed E-state index contributed by atoms with van der Waals surface area (Å²) in [6.07, 6.45) is 2.52. The lowest BCUT2D eigenvalue weighted by Crippen LogP contribution is -2.36. The van der Waals surface area contributed by atoms with Crippen molar-refractivity contribution >= 4 is 23.2 Å². The summed E-state index contributed by atoms with van der Waals surface area (Å²) in [4.78, 5) is 0. The van der Waals surface area contributed by atoms with Crippen molar-refractivity contribution in [2.45, 2.75) is 25.0 Å². The molecule has 1 saturated heterocycles. The third-order valence-electron chi connectivity index (χ3n) is 3.07. The van der Waals surface area contributed by atoms with E-state index in [9.17, 15) is 0 Å². The van der Waals surface area contributed by atoms with Gasteiger partial charge < -0.3 is 10.1 Å². The van der Waals surface area contributed by atoms with Gasteiger partial charge in [0.25, 0.3) is 0 Å². The van der Waals surface area contributed by atoms with E-state index in [1.165, 1.54) is 0 Å². The van der Waals surface area contributed by atoms with Crippen molar-refractivity contribution in [3.05, 3.63) is 27.7 Å². The Morgan fingerprint density at radius 3 is 2.93 bits per heavy atom. The number of hydrogen-bond donors (Lipinski definition) is 1.